The fraction of sp³-hybridized carbons (Fsp3) is 0.100. The second kappa shape index (κ2) is 6.35. The van der Waals surface area contributed by atoms with Gasteiger partial charge in [0.1, 0.15) is 5.69 Å². The van der Waals surface area contributed by atoms with Crippen LogP contribution in [0.25, 0.3) is 37.6 Å². The maximum atomic E-state index is 13.4. The molecule has 1 aromatic carbocycles. The van der Waals surface area contributed by atoms with Gasteiger partial charge >= 0.3 is 6.18 Å². The van der Waals surface area contributed by atoms with Gasteiger partial charge < -0.3 is 0 Å². The fourth-order valence-electron chi connectivity index (χ4n) is 3.16. The molecule has 5 nitrogen and oxygen atoms in total. The highest BCUT2D eigenvalue weighted by Crippen LogP contribution is 2.37. The lowest BCUT2D eigenvalue weighted by Gasteiger charge is -2.08. The zero-order valence-corrected chi connectivity index (χ0v) is 15.8. The summed E-state index contributed by atoms with van der Waals surface area (Å²) in [4.78, 5) is 6.07. The molecule has 0 amide bonds. The van der Waals surface area contributed by atoms with Crippen molar-refractivity contribution in [3.8, 4) is 21.1 Å². The molecule has 0 saturated heterocycles. The predicted molar refractivity (Wildman–Crippen MR) is 105 cm³/mol. The van der Waals surface area contributed by atoms with E-state index < -0.39 is 12.0 Å². The van der Waals surface area contributed by atoms with Gasteiger partial charge in [-0.2, -0.15) is 22.8 Å². The molecular weight excluding hydrogens is 399 g/mol. The summed E-state index contributed by atoms with van der Waals surface area (Å²) >= 11 is 1.42. The number of hydrogen-bond donors (Lipinski definition) is 0. The van der Waals surface area contributed by atoms with Gasteiger partial charge in [-0.3, -0.25) is 4.98 Å². The van der Waals surface area contributed by atoms with Crippen LogP contribution in [0.1, 0.15) is 11.4 Å². The Balaban J connectivity index is 1.75. The zero-order valence-electron chi connectivity index (χ0n) is 15.0. The Hall–Kier alpha value is -3.33. The minimum absolute atomic E-state index is 0.0775. The van der Waals surface area contributed by atoms with E-state index in [0.29, 0.717) is 16.5 Å². The molecule has 5 aromatic rings. The number of pyridine rings is 1. The number of aromatic nitrogens is 5. The summed E-state index contributed by atoms with van der Waals surface area (Å²) in [5.74, 6) is -1.14. The van der Waals surface area contributed by atoms with E-state index in [2.05, 4.69) is 20.3 Å². The van der Waals surface area contributed by atoms with Gasteiger partial charge in [0.05, 0.1) is 15.4 Å². The van der Waals surface area contributed by atoms with Crippen LogP contribution in [0.4, 0.5) is 13.2 Å². The van der Waals surface area contributed by atoms with Crippen molar-refractivity contribution in [2.24, 2.45) is 0 Å². The summed E-state index contributed by atoms with van der Waals surface area (Å²) in [5.41, 5.74) is 2.38. The number of hydrogen-bond acceptors (Lipinski definition) is 5. The minimum atomic E-state index is -4.65. The molecule has 0 spiro atoms. The van der Waals surface area contributed by atoms with Crippen molar-refractivity contribution in [1.82, 2.24) is 24.8 Å². The molecule has 0 saturated carbocycles. The number of halogens is 3. The quantitative estimate of drug-likeness (QED) is 0.391. The number of rotatable bonds is 2. The first-order valence-corrected chi connectivity index (χ1v) is 9.48. The summed E-state index contributed by atoms with van der Waals surface area (Å²) in [6.07, 6.45) is -2.88. The Morgan fingerprint density at radius 3 is 2.38 bits per heavy atom. The first-order valence-electron chi connectivity index (χ1n) is 8.66. The van der Waals surface area contributed by atoms with Crippen molar-refractivity contribution < 1.29 is 13.2 Å². The van der Waals surface area contributed by atoms with Crippen LogP contribution in [0.15, 0.2) is 54.7 Å². The van der Waals surface area contributed by atoms with Crippen LogP contribution < -0.4 is 0 Å². The van der Waals surface area contributed by atoms with Crippen LogP contribution in [0.2, 0.25) is 0 Å². The normalized spacial score (nSPS) is 12.1. The average molecular weight is 411 g/mol. The van der Waals surface area contributed by atoms with E-state index in [9.17, 15) is 13.2 Å². The molecule has 144 valence electrons. The third-order valence-electron chi connectivity index (χ3n) is 4.52. The Labute approximate surface area is 166 Å². The van der Waals surface area contributed by atoms with Crippen molar-refractivity contribution in [3.63, 3.8) is 0 Å². The second-order valence-electron chi connectivity index (χ2n) is 6.54. The number of thiophene rings is 1. The molecule has 0 radical (unpaired) electrons. The van der Waals surface area contributed by atoms with Crippen molar-refractivity contribution in [2.75, 3.05) is 0 Å². The molecule has 0 bridgehead atoms. The Morgan fingerprint density at radius 2 is 1.66 bits per heavy atom. The summed E-state index contributed by atoms with van der Waals surface area (Å²) < 4.78 is 40.9. The van der Waals surface area contributed by atoms with Crippen LogP contribution >= 0.6 is 11.3 Å². The van der Waals surface area contributed by atoms with Crippen LogP contribution in [0.3, 0.4) is 0 Å². The molecule has 4 heterocycles. The smallest absolute Gasteiger partial charge is 0.255 e. The third kappa shape index (κ3) is 2.94. The summed E-state index contributed by atoms with van der Waals surface area (Å²) in [6, 6.07) is 14.7. The van der Waals surface area contributed by atoms with Gasteiger partial charge in [-0.05, 0) is 30.7 Å². The maximum absolute atomic E-state index is 13.4. The third-order valence-corrected chi connectivity index (χ3v) is 5.64. The highest BCUT2D eigenvalue weighted by molar-refractivity contribution is 7.18. The molecule has 0 aliphatic carbocycles. The lowest BCUT2D eigenvalue weighted by atomic mass is 10.1. The molecule has 0 fully saturated rings. The van der Waals surface area contributed by atoms with Gasteiger partial charge in [0.15, 0.2) is 5.65 Å². The maximum Gasteiger partial charge on any atom is 0.453 e. The molecule has 0 aliphatic rings. The van der Waals surface area contributed by atoms with Crippen LogP contribution in [-0.2, 0) is 6.18 Å². The standard InChI is InChI=1S/C20H12F3N5S/c1-11-6-7-14(24-10-11)15-8-9-16(29-15)17-12-4-2-3-5-13(12)18-25-26-19(20(21,22)23)28(18)27-17/h2-10H,1H3. The minimum Gasteiger partial charge on any atom is -0.255 e. The van der Waals surface area contributed by atoms with E-state index in [1.807, 2.05) is 43.3 Å². The Bertz CT molecular complexity index is 1350. The predicted octanol–water partition coefficient (Wildman–Crippen LogP) is 5.40. The molecule has 0 N–H and O–H groups in total. The lowest BCUT2D eigenvalue weighted by molar-refractivity contribution is -0.146. The molecule has 5 rings (SSSR count). The van der Waals surface area contributed by atoms with Crippen LogP contribution in [-0.4, -0.2) is 24.8 Å². The highest BCUT2D eigenvalue weighted by Gasteiger charge is 2.38. The largest absolute Gasteiger partial charge is 0.453 e. The van der Waals surface area contributed by atoms with Gasteiger partial charge in [-0.15, -0.1) is 21.5 Å². The van der Waals surface area contributed by atoms with Crippen molar-refractivity contribution in [2.45, 2.75) is 13.1 Å². The average Bonchev–Trinajstić information content (AvgIpc) is 3.35. The molecular formula is C20H12F3N5S. The molecule has 9 heteroatoms. The monoisotopic (exact) mass is 411 g/mol. The molecule has 0 atom stereocenters. The molecule has 0 unspecified atom stereocenters. The Morgan fingerprint density at radius 1 is 0.897 bits per heavy atom. The van der Waals surface area contributed by atoms with Gasteiger partial charge in [0.2, 0.25) is 0 Å². The highest BCUT2D eigenvalue weighted by atomic mass is 32.1. The molecule has 0 aliphatic heterocycles. The van der Waals surface area contributed by atoms with E-state index in [0.717, 1.165) is 25.5 Å². The van der Waals surface area contributed by atoms with Crippen LogP contribution in [0.5, 0.6) is 0 Å². The first-order chi connectivity index (χ1) is 13.9. The van der Waals surface area contributed by atoms with Gasteiger partial charge in [-0.1, -0.05) is 30.3 Å². The van der Waals surface area contributed by atoms with E-state index in [1.54, 1.807) is 18.3 Å². The number of fused-ring (bicyclic) bond motifs is 3. The number of nitrogens with zero attached hydrogens (tertiary/aromatic N) is 5. The summed E-state index contributed by atoms with van der Waals surface area (Å²) in [5, 5.41) is 12.6. The van der Waals surface area contributed by atoms with E-state index in [-0.39, 0.29) is 5.65 Å². The lowest BCUT2D eigenvalue weighted by Crippen LogP contribution is -2.13. The van der Waals surface area contributed by atoms with E-state index >= 15 is 0 Å². The fourth-order valence-corrected chi connectivity index (χ4v) is 4.14. The van der Waals surface area contributed by atoms with Crippen molar-refractivity contribution >= 4 is 27.8 Å². The Kier molecular flexibility index (Phi) is 3.88. The van der Waals surface area contributed by atoms with E-state index in [1.165, 1.54) is 11.3 Å². The van der Waals surface area contributed by atoms with Crippen LogP contribution in [0, 0.1) is 6.92 Å². The number of alkyl halides is 3. The van der Waals surface area contributed by atoms with Crippen molar-refractivity contribution in [3.05, 3.63) is 66.1 Å². The summed E-state index contributed by atoms with van der Waals surface area (Å²) in [6.45, 7) is 1.96. The SMILES string of the molecule is Cc1ccc(-c2ccc(-c3nn4c(C(F)(F)F)nnc4c4ccccc34)s2)nc1. The van der Waals surface area contributed by atoms with Crippen molar-refractivity contribution in [1.29, 1.82) is 0 Å². The van der Waals surface area contributed by atoms with Gasteiger partial charge in [0, 0.05) is 17.0 Å². The van der Waals surface area contributed by atoms with E-state index in [4.69, 9.17) is 0 Å². The zero-order chi connectivity index (χ0) is 20.2. The topological polar surface area (TPSA) is 56.0 Å². The summed E-state index contributed by atoms with van der Waals surface area (Å²) in [7, 11) is 0. The number of aryl methyl sites for hydroxylation is 1. The first kappa shape index (κ1) is 17.7. The number of benzene rings is 1. The second-order valence-corrected chi connectivity index (χ2v) is 7.62. The molecule has 4 aromatic heterocycles. The molecule has 29 heavy (non-hydrogen) atoms. The van der Waals surface area contributed by atoms with Gasteiger partial charge in [0.25, 0.3) is 5.82 Å². The van der Waals surface area contributed by atoms with Gasteiger partial charge in [-0.25, -0.2) is 0 Å².